The van der Waals surface area contributed by atoms with Crippen LogP contribution >= 0.6 is 0 Å². The predicted octanol–water partition coefficient (Wildman–Crippen LogP) is 2.06. The van der Waals surface area contributed by atoms with E-state index in [1.807, 2.05) is 0 Å². The second-order valence-electron chi connectivity index (χ2n) is 3.49. The zero-order valence-electron chi connectivity index (χ0n) is 9.27. The molecule has 0 aromatic carbocycles. The van der Waals surface area contributed by atoms with Crippen molar-refractivity contribution in [3.05, 3.63) is 36.2 Å². The fraction of sp³-hybridized carbons (Fsp3) is 0.273. The van der Waals surface area contributed by atoms with Crippen LogP contribution in [0.2, 0.25) is 0 Å². The number of hydrogen-bond acceptors (Lipinski definition) is 3. The Morgan fingerprint density at radius 1 is 1.35 bits per heavy atom. The molecule has 0 aliphatic rings. The fourth-order valence-corrected chi connectivity index (χ4v) is 1.55. The molecule has 2 aromatic heterocycles. The van der Waals surface area contributed by atoms with Crippen LogP contribution in [-0.2, 0) is 6.54 Å². The van der Waals surface area contributed by atoms with Crippen LogP contribution in [-0.4, -0.2) is 21.8 Å². The molecule has 0 amide bonds. The van der Waals surface area contributed by atoms with E-state index in [1.165, 1.54) is 0 Å². The molecule has 90 valence electrons. The standard InChI is InChI=1S/C11H12F2N4/c1-14-7-8-6-10(16-17(8)11(12)13)9-4-2-3-5-15-9/h2-6,11,14H,7H2,1H3. The maximum Gasteiger partial charge on any atom is 0.333 e. The van der Waals surface area contributed by atoms with Crippen molar-refractivity contribution in [2.45, 2.75) is 13.1 Å². The number of pyridine rings is 1. The van der Waals surface area contributed by atoms with E-state index in [-0.39, 0.29) is 0 Å². The number of alkyl halides is 2. The van der Waals surface area contributed by atoms with Crippen LogP contribution in [0.5, 0.6) is 0 Å². The average molecular weight is 238 g/mol. The normalized spacial score (nSPS) is 11.1. The van der Waals surface area contributed by atoms with Crippen molar-refractivity contribution in [1.29, 1.82) is 0 Å². The molecule has 2 rings (SSSR count). The summed E-state index contributed by atoms with van der Waals surface area (Å²) >= 11 is 0. The highest BCUT2D eigenvalue weighted by Gasteiger charge is 2.15. The van der Waals surface area contributed by atoms with Crippen molar-refractivity contribution in [1.82, 2.24) is 20.1 Å². The van der Waals surface area contributed by atoms with Crippen molar-refractivity contribution in [2.75, 3.05) is 7.05 Å². The molecule has 0 spiro atoms. The molecule has 0 saturated carbocycles. The number of halogens is 2. The number of nitrogens with one attached hydrogen (secondary N) is 1. The number of aromatic nitrogens is 3. The van der Waals surface area contributed by atoms with Gasteiger partial charge in [-0.1, -0.05) is 6.07 Å². The smallest absolute Gasteiger partial charge is 0.314 e. The van der Waals surface area contributed by atoms with Crippen LogP contribution in [0.1, 0.15) is 12.2 Å². The zero-order chi connectivity index (χ0) is 12.3. The van der Waals surface area contributed by atoms with Gasteiger partial charge in [0.2, 0.25) is 0 Å². The Morgan fingerprint density at radius 3 is 2.76 bits per heavy atom. The highest BCUT2D eigenvalue weighted by molar-refractivity contribution is 5.53. The Morgan fingerprint density at radius 2 is 2.18 bits per heavy atom. The molecule has 0 radical (unpaired) electrons. The number of hydrogen-bond donors (Lipinski definition) is 1. The molecule has 0 fully saturated rings. The van der Waals surface area contributed by atoms with Gasteiger partial charge in [0.25, 0.3) is 0 Å². The second-order valence-corrected chi connectivity index (χ2v) is 3.49. The summed E-state index contributed by atoms with van der Waals surface area (Å²) in [6, 6.07) is 6.91. The molecule has 0 atom stereocenters. The first-order chi connectivity index (χ1) is 8.22. The molecule has 0 aliphatic carbocycles. The molecule has 17 heavy (non-hydrogen) atoms. The minimum absolute atomic E-state index is 0.337. The summed E-state index contributed by atoms with van der Waals surface area (Å²) in [6.07, 6.45) is 1.61. The molecule has 0 aliphatic heterocycles. The van der Waals surface area contributed by atoms with E-state index in [2.05, 4.69) is 15.4 Å². The Kier molecular flexibility index (Phi) is 3.43. The van der Waals surface area contributed by atoms with Gasteiger partial charge in [-0.2, -0.15) is 13.9 Å². The van der Waals surface area contributed by atoms with E-state index in [0.29, 0.717) is 28.3 Å². The van der Waals surface area contributed by atoms with Crippen LogP contribution in [0.25, 0.3) is 11.4 Å². The van der Waals surface area contributed by atoms with Gasteiger partial charge in [-0.15, -0.1) is 0 Å². The molecular formula is C11H12F2N4. The van der Waals surface area contributed by atoms with Crippen molar-refractivity contribution in [3.63, 3.8) is 0 Å². The van der Waals surface area contributed by atoms with E-state index in [0.717, 1.165) is 0 Å². The van der Waals surface area contributed by atoms with Crippen molar-refractivity contribution >= 4 is 0 Å². The summed E-state index contributed by atoms with van der Waals surface area (Å²) in [4.78, 5) is 4.08. The largest absolute Gasteiger partial charge is 0.333 e. The Labute approximate surface area is 97.3 Å². The van der Waals surface area contributed by atoms with Gasteiger partial charge in [0.05, 0.1) is 11.4 Å². The van der Waals surface area contributed by atoms with E-state index >= 15 is 0 Å². The molecule has 2 aromatic rings. The fourth-order valence-electron chi connectivity index (χ4n) is 1.55. The first-order valence-electron chi connectivity index (χ1n) is 5.15. The van der Waals surface area contributed by atoms with Gasteiger partial charge < -0.3 is 5.32 Å². The highest BCUT2D eigenvalue weighted by Crippen LogP contribution is 2.20. The van der Waals surface area contributed by atoms with Crippen LogP contribution < -0.4 is 5.32 Å². The average Bonchev–Trinajstić information content (AvgIpc) is 2.75. The maximum absolute atomic E-state index is 12.7. The SMILES string of the molecule is CNCc1cc(-c2ccccn2)nn1C(F)F. The molecule has 0 saturated heterocycles. The van der Waals surface area contributed by atoms with Gasteiger partial charge in [0, 0.05) is 12.7 Å². The van der Waals surface area contributed by atoms with Crippen molar-refractivity contribution < 1.29 is 8.78 Å². The van der Waals surface area contributed by atoms with Gasteiger partial charge in [-0.05, 0) is 25.2 Å². The van der Waals surface area contributed by atoms with Gasteiger partial charge in [-0.3, -0.25) is 4.98 Å². The topological polar surface area (TPSA) is 42.7 Å². The van der Waals surface area contributed by atoms with E-state index < -0.39 is 6.55 Å². The summed E-state index contributed by atoms with van der Waals surface area (Å²) in [5.74, 6) is 0. The monoisotopic (exact) mass is 238 g/mol. The van der Waals surface area contributed by atoms with Crippen LogP contribution in [0, 0.1) is 0 Å². The second kappa shape index (κ2) is 5.01. The Bertz CT molecular complexity index is 481. The third-order valence-corrected chi connectivity index (χ3v) is 2.28. The van der Waals surface area contributed by atoms with E-state index in [1.54, 1.807) is 37.5 Å². The van der Waals surface area contributed by atoms with E-state index in [9.17, 15) is 8.78 Å². The third-order valence-electron chi connectivity index (χ3n) is 2.28. The van der Waals surface area contributed by atoms with E-state index in [4.69, 9.17) is 0 Å². The van der Waals surface area contributed by atoms with Gasteiger partial charge >= 0.3 is 6.55 Å². The van der Waals surface area contributed by atoms with Crippen LogP contribution in [0.15, 0.2) is 30.5 Å². The number of rotatable bonds is 4. The first-order valence-corrected chi connectivity index (χ1v) is 5.15. The first kappa shape index (κ1) is 11.7. The van der Waals surface area contributed by atoms with Gasteiger partial charge in [-0.25, -0.2) is 4.68 Å². The lowest BCUT2D eigenvalue weighted by Crippen LogP contribution is -2.12. The molecule has 1 N–H and O–H groups in total. The predicted molar refractivity (Wildman–Crippen MR) is 59.5 cm³/mol. The van der Waals surface area contributed by atoms with Crippen LogP contribution in [0.4, 0.5) is 8.78 Å². The lowest BCUT2D eigenvalue weighted by Gasteiger charge is -2.04. The van der Waals surface area contributed by atoms with Crippen LogP contribution in [0.3, 0.4) is 0 Å². The van der Waals surface area contributed by atoms with Crippen molar-refractivity contribution in [3.8, 4) is 11.4 Å². The van der Waals surface area contributed by atoms with Crippen molar-refractivity contribution in [2.24, 2.45) is 0 Å². The summed E-state index contributed by atoms with van der Waals surface area (Å²) in [6.45, 7) is -2.31. The zero-order valence-corrected chi connectivity index (χ0v) is 9.27. The third kappa shape index (κ3) is 2.47. The Balaban J connectivity index is 2.40. The lowest BCUT2D eigenvalue weighted by molar-refractivity contribution is 0.0534. The summed E-state index contributed by atoms with van der Waals surface area (Å²) in [5, 5.41) is 6.69. The van der Waals surface area contributed by atoms with Gasteiger partial charge in [0.1, 0.15) is 5.69 Å². The summed E-state index contributed by atoms with van der Waals surface area (Å²) in [7, 11) is 1.70. The highest BCUT2D eigenvalue weighted by atomic mass is 19.3. The maximum atomic E-state index is 12.7. The molecule has 6 heteroatoms. The molecule has 2 heterocycles. The molecule has 4 nitrogen and oxygen atoms in total. The minimum Gasteiger partial charge on any atom is -0.314 e. The number of nitrogens with zero attached hydrogens (tertiary/aromatic N) is 3. The minimum atomic E-state index is -2.64. The Hall–Kier alpha value is -1.82. The lowest BCUT2D eigenvalue weighted by atomic mass is 10.2. The molecular weight excluding hydrogens is 226 g/mol. The summed E-state index contributed by atoms with van der Waals surface area (Å²) in [5.41, 5.74) is 1.48. The molecule has 0 bridgehead atoms. The quantitative estimate of drug-likeness (QED) is 0.886. The molecule has 0 unspecified atom stereocenters. The van der Waals surface area contributed by atoms with Gasteiger partial charge in [0.15, 0.2) is 0 Å². The summed E-state index contributed by atoms with van der Waals surface area (Å²) < 4.78 is 26.2.